The zero-order valence-electron chi connectivity index (χ0n) is 10.2. The summed E-state index contributed by atoms with van der Waals surface area (Å²) < 4.78 is 1.99. The van der Waals surface area contributed by atoms with E-state index in [9.17, 15) is 5.11 Å². The highest BCUT2D eigenvalue weighted by Gasteiger charge is 2.26. The summed E-state index contributed by atoms with van der Waals surface area (Å²) in [6.07, 6.45) is 7.18. The lowest BCUT2D eigenvalue weighted by Crippen LogP contribution is -2.43. The molecule has 0 unspecified atom stereocenters. The number of nitrogens with zero attached hydrogens (tertiary/aromatic N) is 2. The predicted octanol–water partition coefficient (Wildman–Crippen LogP) is 1.49. The summed E-state index contributed by atoms with van der Waals surface area (Å²) in [6, 6.07) is 8.91. The maximum Gasteiger partial charge on any atom is 0.0991 e. The number of aromatic nitrogens is 2. The summed E-state index contributed by atoms with van der Waals surface area (Å²) in [5.41, 5.74) is 2.38. The zero-order valence-corrected chi connectivity index (χ0v) is 10.2. The number of rotatable bonds is 4. The van der Waals surface area contributed by atoms with Crippen molar-refractivity contribution in [2.45, 2.75) is 31.5 Å². The smallest absolute Gasteiger partial charge is 0.0991 e. The minimum absolute atomic E-state index is 0.0916. The summed E-state index contributed by atoms with van der Waals surface area (Å²) in [5.74, 6) is 0. The van der Waals surface area contributed by atoms with E-state index in [1.54, 1.807) is 12.5 Å². The van der Waals surface area contributed by atoms with E-state index >= 15 is 0 Å². The number of hydrogen-bond donors (Lipinski definition) is 2. The Labute approximate surface area is 106 Å². The van der Waals surface area contributed by atoms with Crippen LogP contribution in [0.4, 0.5) is 0 Å². The molecule has 1 fully saturated rings. The molecule has 94 valence electrons. The Morgan fingerprint density at radius 3 is 2.67 bits per heavy atom. The van der Waals surface area contributed by atoms with Crippen molar-refractivity contribution in [3.63, 3.8) is 0 Å². The summed E-state index contributed by atoms with van der Waals surface area (Å²) in [6.45, 7) is 0.863. The molecule has 3 rings (SSSR count). The third-order valence-electron chi connectivity index (χ3n) is 3.45. The van der Waals surface area contributed by atoms with Crippen LogP contribution in [0.5, 0.6) is 0 Å². The Kier molecular flexibility index (Phi) is 3.13. The van der Waals surface area contributed by atoms with Crippen LogP contribution in [0.2, 0.25) is 0 Å². The molecule has 0 amide bonds. The van der Waals surface area contributed by atoms with E-state index in [0.717, 1.165) is 25.1 Å². The second-order valence-corrected chi connectivity index (χ2v) is 4.84. The van der Waals surface area contributed by atoms with E-state index < -0.39 is 0 Å². The maximum atomic E-state index is 9.21. The van der Waals surface area contributed by atoms with Crippen molar-refractivity contribution in [1.82, 2.24) is 14.9 Å². The molecule has 0 spiro atoms. The quantitative estimate of drug-likeness (QED) is 0.855. The van der Waals surface area contributed by atoms with Gasteiger partial charge in [-0.1, -0.05) is 12.1 Å². The second-order valence-electron chi connectivity index (χ2n) is 4.84. The number of nitrogens with one attached hydrogen (secondary N) is 1. The van der Waals surface area contributed by atoms with Gasteiger partial charge in [0, 0.05) is 30.7 Å². The molecule has 0 bridgehead atoms. The molecule has 1 aliphatic rings. The average molecular weight is 243 g/mol. The van der Waals surface area contributed by atoms with E-state index in [1.807, 2.05) is 10.8 Å². The third kappa shape index (κ3) is 2.44. The number of aliphatic hydroxyl groups is 1. The molecule has 4 nitrogen and oxygen atoms in total. The molecular formula is C14H17N3O. The normalized spacial score (nSPS) is 22.7. The van der Waals surface area contributed by atoms with Crippen LogP contribution < -0.4 is 5.32 Å². The van der Waals surface area contributed by atoms with Crippen LogP contribution in [-0.2, 0) is 6.54 Å². The molecule has 2 aromatic rings. The Morgan fingerprint density at radius 1 is 1.28 bits per heavy atom. The largest absolute Gasteiger partial charge is 0.393 e. The molecule has 18 heavy (non-hydrogen) atoms. The summed E-state index contributed by atoms with van der Waals surface area (Å²) >= 11 is 0. The fourth-order valence-electron chi connectivity index (χ4n) is 2.21. The monoisotopic (exact) mass is 243 g/mol. The van der Waals surface area contributed by atoms with Gasteiger partial charge in [0.25, 0.3) is 0 Å². The third-order valence-corrected chi connectivity index (χ3v) is 3.45. The average Bonchev–Trinajstić information content (AvgIpc) is 2.88. The van der Waals surface area contributed by atoms with Gasteiger partial charge in [0.05, 0.1) is 12.4 Å². The van der Waals surface area contributed by atoms with Crippen molar-refractivity contribution in [1.29, 1.82) is 0 Å². The van der Waals surface area contributed by atoms with Crippen molar-refractivity contribution in [2.24, 2.45) is 0 Å². The highest BCUT2D eigenvalue weighted by Crippen LogP contribution is 2.19. The van der Waals surface area contributed by atoms with Gasteiger partial charge in [-0.05, 0) is 30.5 Å². The van der Waals surface area contributed by atoms with E-state index in [1.165, 1.54) is 5.56 Å². The minimum Gasteiger partial charge on any atom is -0.393 e. The van der Waals surface area contributed by atoms with Crippen LogP contribution >= 0.6 is 0 Å². The summed E-state index contributed by atoms with van der Waals surface area (Å²) in [4.78, 5) is 4.03. The van der Waals surface area contributed by atoms with Gasteiger partial charge < -0.3 is 15.0 Å². The number of imidazole rings is 1. The van der Waals surface area contributed by atoms with Gasteiger partial charge in [0.2, 0.25) is 0 Å². The Bertz CT molecular complexity index is 486. The van der Waals surface area contributed by atoms with Gasteiger partial charge in [-0.25, -0.2) is 4.98 Å². The van der Waals surface area contributed by atoms with Crippen LogP contribution in [0.1, 0.15) is 18.4 Å². The number of hydrogen-bond acceptors (Lipinski definition) is 3. The van der Waals surface area contributed by atoms with Crippen molar-refractivity contribution in [2.75, 3.05) is 0 Å². The standard InChI is InChI=1S/C14H17N3O/c18-14-7-12(8-14)16-9-11-1-3-13(4-2-11)17-6-5-15-10-17/h1-6,10,12,14,16,18H,7-9H2. The fraction of sp³-hybridized carbons (Fsp3) is 0.357. The van der Waals surface area contributed by atoms with Crippen molar-refractivity contribution < 1.29 is 5.11 Å². The molecule has 0 aliphatic heterocycles. The molecule has 0 saturated heterocycles. The summed E-state index contributed by atoms with van der Waals surface area (Å²) in [7, 11) is 0. The highest BCUT2D eigenvalue weighted by atomic mass is 16.3. The van der Waals surface area contributed by atoms with Gasteiger partial charge in [0.15, 0.2) is 0 Å². The highest BCUT2D eigenvalue weighted by molar-refractivity contribution is 5.34. The molecule has 1 aromatic heterocycles. The summed E-state index contributed by atoms with van der Waals surface area (Å²) in [5, 5.41) is 12.6. The van der Waals surface area contributed by atoms with Gasteiger partial charge >= 0.3 is 0 Å². The van der Waals surface area contributed by atoms with E-state index in [2.05, 4.69) is 34.6 Å². The SMILES string of the molecule is OC1CC(NCc2ccc(-n3ccnc3)cc2)C1. The molecule has 1 aromatic carbocycles. The van der Waals surface area contributed by atoms with Crippen LogP contribution in [0.3, 0.4) is 0 Å². The van der Waals surface area contributed by atoms with Crippen LogP contribution in [0, 0.1) is 0 Å². The zero-order chi connectivity index (χ0) is 12.4. The molecule has 0 atom stereocenters. The molecule has 0 radical (unpaired) electrons. The predicted molar refractivity (Wildman–Crippen MR) is 69.4 cm³/mol. The number of aliphatic hydroxyl groups excluding tert-OH is 1. The van der Waals surface area contributed by atoms with Gasteiger partial charge in [-0.15, -0.1) is 0 Å². The van der Waals surface area contributed by atoms with Crippen molar-refractivity contribution >= 4 is 0 Å². The first-order chi connectivity index (χ1) is 8.81. The number of benzene rings is 1. The molecule has 2 N–H and O–H groups in total. The topological polar surface area (TPSA) is 50.1 Å². The van der Waals surface area contributed by atoms with Crippen LogP contribution in [0.15, 0.2) is 43.0 Å². The van der Waals surface area contributed by atoms with Gasteiger partial charge in [0.1, 0.15) is 0 Å². The molecule has 1 saturated carbocycles. The van der Waals surface area contributed by atoms with Crippen LogP contribution in [-0.4, -0.2) is 26.8 Å². The van der Waals surface area contributed by atoms with Gasteiger partial charge in [-0.2, -0.15) is 0 Å². The van der Waals surface area contributed by atoms with Gasteiger partial charge in [-0.3, -0.25) is 0 Å². The lowest BCUT2D eigenvalue weighted by Gasteiger charge is -2.32. The lowest BCUT2D eigenvalue weighted by atomic mass is 9.89. The Balaban J connectivity index is 1.58. The molecule has 1 aliphatic carbocycles. The maximum absolute atomic E-state index is 9.21. The van der Waals surface area contributed by atoms with Crippen LogP contribution in [0.25, 0.3) is 5.69 Å². The lowest BCUT2D eigenvalue weighted by molar-refractivity contribution is 0.0619. The van der Waals surface area contributed by atoms with Crippen molar-refractivity contribution in [3.05, 3.63) is 48.5 Å². The molecule has 1 heterocycles. The Morgan fingerprint density at radius 2 is 2.06 bits per heavy atom. The van der Waals surface area contributed by atoms with E-state index in [0.29, 0.717) is 6.04 Å². The Hall–Kier alpha value is -1.65. The first kappa shape index (κ1) is 11.4. The fourth-order valence-corrected chi connectivity index (χ4v) is 2.21. The van der Waals surface area contributed by atoms with E-state index in [4.69, 9.17) is 0 Å². The van der Waals surface area contributed by atoms with Crippen molar-refractivity contribution in [3.8, 4) is 5.69 Å². The second kappa shape index (κ2) is 4.92. The first-order valence-electron chi connectivity index (χ1n) is 6.30. The first-order valence-corrected chi connectivity index (χ1v) is 6.30. The molecular weight excluding hydrogens is 226 g/mol. The minimum atomic E-state index is -0.0916. The molecule has 4 heteroatoms. The van der Waals surface area contributed by atoms with E-state index in [-0.39, 0.29) is 6.10 Å².